The number of aliphatic imine (C=N–C) groups is 1. The van der Waals surface area contributed by atoms with Crippen LogP contribution in [-0.2, 0) is 13.1 Å². The van der Waals surface area contributed by atoms with Crippen LogP contribution in [0.1, 0.15) is 24.5 Å². The van der Waals surface area contributed by atoms with E-state index in [1.165, 1.54) is 0 Å². The second-order valence-electron chi connectivity index (χ2n) is 6.30. The molecule has 0 aliphatic carbocycles. The minimum atomic E-state index is 0.604. The second kappa shape index (κ2) is 11.7. The van der Waals surface area contributed by atoms with Crippen molar-refractivity contribution < 1.29 is 18.9 Å². The number of methoxy groups -OCH3 is 3. The summed E-state index contributed by atoms with van der Waals surface area (Å²) in [5.41, 5.74) is 2.13. The van der Waals surface area contributed by atoms with E-state index in [1.807, 2.05) is 36.4 Å². The molecule has 0 saturated heterocycles. The summed E-state index contributed by atoms with van der Waals surface area (Å²) < 4.78 is 21.8. The average Bonchev–Trinajstić information content (AvgIpc) is 2.77. The summed E-state index contributed by atoms with van der Waals surface area (Å²) in [6.07, 6.45) is 0.953. The van der Waals surface area contributed by atoms with Gasteiger partial charge < -0.3 is 29.6 Å². The molecule has 7 heteroatoms. The average molecular weight is 402 g/mol. The van der Waals surface area contributed by atoms with E-state index in [9.17, 15) is 0 Å². The highest BCUT2D eigenvalue weighted by Crippen LogP contribution is 2.28. The van der Waals surface area contributed by atoms with Gasteiger partial charge in [-0.3, -0.25) is 4.99 Å². The quantitative estimate of drug-likeness (QED) is 0.470. The van der Waals surface area contributed by atoms with Gasteiger partial charge in [-0.15, -0.1) is 0 Å². The number of hydrogen-bond acceptors (Lipinski definition) is 5. The number of guanidine groups is 1. The Balaban J connectivity index is 1.94. The molecule has 0 bridgehead atoms. The van der Waals surface area contributed by atoms with Gasteiger partial charge in [0.05, 0.1) is 27.9 Å². The topological polar surface area (TPSA) is 73.3 Å². The lowest BCUT2D eigenvalue weighted by Gasteiger charge is -2.15. The molecule has 0 fully saturated rings. The molecule has 0 amide bonds. The van der Waals surface area contributed by atoms with Crippen LogP contribution < -0.4 is 29.6 Å². The van der Waals surface area contributed by atoms with Gasteiger partial charge in [-0.2, -0.15) is 0 Å². The SMILES string of the molecule is CCCOc1ccc(CNC(=NC)NCc2ccc(OC)c(OC)c2)cc1OC. The van der Waals surface area contributed by atoms with Crippen LogP contribution >= 0.6 is 0 Å². The summed E-state index contributed by atoms with van der Waals surface area (Å²) in [5, 5.41) is 6.61. The molecule has 0 saturated carbocycles. The number of ether oxygens (including phenoxy) is 4. The highest BCUT2D eigenvalue weighted by atomic mass is 16.5. The fourth-order valence-corrected chi connectivity index (χ4v) is 2.74. The molecule has 158 valence electrons. The summed E-state index contributed by atoms with van der Waals surface area (Å²) in [7, 11) is 6.64. The largest absolute Gasteiger partial charge is 0.493 e. The molecule has 0 aliphatic rings. The Hall–Kier alpha value is -3.09. The predicted molar refractivity (Wildman–Crippen MR) is 115 cm³/mol. The van der Waals surface area contributed by atoms with Gasteiger partial charge in [0.25, 0.3) is 0 Å². The van der Waals surface area contributed by atoms with Crippen LogP contribution in [0.25, 0.3) is 0 Å². The van der Waals surface area contributed by atoms with E-state index in [1.54, 1.807) is 28.4 Å². The molecular weight excluding hydrogens is 370 g/mol. The van der Waals surface area contributed by atoms with Crippen LogP contribution in [-0.4, -0.2) is 40.9 Å². The normalized spacial score (nSPS) is 11.0. The van der Waals surface area contributed by atoms with E-state index in [4.69, 9.17) is 18.9 Å². The standard InChI is InChI=1S/C22H31N3O4/c1-6-11-29-19-10-8-17(13-21(19)28-5)15-25-22(23-2)24-14-16-7-9-18(26-3)20(12-16)27-4/h7-10,12-13H,6,11,14-15H2,1-5H3,(H2,23,24,25). The van der Waals surface area contributed by atoms with E-state index in [2.05, 4.69) is 22.5 Å². The molecule has 0 heterocycles. The Morgan fingerprint density at radius 3 is 1.79 bits per heavy atom. The van der Waals surface area contributed by atoms with Crippen LogP contribution in [0.2, 0.25) is 0 Å². The molecule has 0 aromatic heterocycles. The maximum Gasteiger partial charge on any atom is 0.191 e. The highest BCUT2D eigenvalue weighted by Gasteiger charge is 2.08. The van der Waals surface area contributed by atoms with E-state index >= 15 is 0 Å². The van der Waals surface area contributed by atoms with E-state index in [-0.39, 0.29) is 0 Å². The first kappa shape index (κ1) is 22.2. The molecule has 2 N–H and O–H groups in total. The van der Waals surface area contributed by atoms with Gasteiger partial charge in [0.15, 0.2) is 29.0 Å². The lowest BCUT2D eigenvalue weighted by molar-refractivity contribution is 0.294. The van der Waals surface area contributed by atoms with Crippen molar-refractivity contribution in [3.63, 3.8) is 0 Å². The number of benzene rings is 2. The molecule has 0 aliphatic heterocycles. The lowest BCUT2D eigenvalue weighted by atomic mass is 10.2. The molecule has 29 heavy (non-hydrogen) atoms. The Morgan fingerprint density at radius 2 is 1.31 bits per heavy atom. The molecule has 2 aromatic carbocycles. The third-order valence-corrected chi connectivity index (χ3v) is 4.28. The minimum Gasteiger partial charge on any atom is -0.493 e. The van der Waals surface area contributed by atoms with Gasteiger partial charge in [-0.1, -0.05) is 19.1 Å². The van der Waals surface area contributed by atoms with E-state index < -0.39 is 0 Å². The number of rotatable bonds is 10. The molecule has 0 unspecified atom stereocenters. The Kier molecular flexibility index (Phi) is 8.95. The lowest BCUT2D eigenvalue weighted by Crippen LogP contribution is -2.36. The van der Waals surface area contributed by atoms with E-state index in [0.29, 0.717) is 37.2 Å². The first-order valence-electron chi connectivity index (χ1n) is 9.60. The zero-order valence-corrected chi connectivity index (χ0v) is 17.9. The van der Waals surface area contributed by atoms with Crippen LogP contribution in [0.3, 0.4) is 0 Å². The maximum atomic E-state index is 5.70. The number of nitrogens with zero attached hydrogens (tertiary/aromatic N) is 1. The summed E-state index contributed by atoms with van der Waals surface area (Å²) in [5.74, 6) is 3.59. The molecule has 2 aromatic rings. The predicted octanol–water partition coefficient (Wildman–Crippen LogP) is 3.37. The van der Waals surface area contributed by atoms with Crippen LogP contribution in [0, 0.1) is 0 Å². The second-order valence-corrected chi connectivity index (χ2v) is 6.30. The minimum absolute atomic E-state index is 0.604. The van der Waals surface area contributed by atoms with Crippen molar-refractivity contribution >= 4 is 5.96 Å². The van der Waals surface area contributed by atoms with Crippen LogP contribution in [0.4, 0.5) is 0 Å². The van der Waals surface area contributed by atoms with Crippen LogP contribution in [0.15, 0.2) is 41.4 Å². The fraction of sp³-hybridized carbons (Fsp3) is 0.409. The van der Waals surface area contributed by atoms with Crippen molar-refractivity contribution in [3.8, 4) is 23.0 Å². The van der Waals surface area contributed by atoms with E-state index in [0.717, 1.165) is 29.0 Å². The fourth-order valence-electron chi connectivity index (χ4n) is 2.74. The summed E-state index contributed by atoms with van der Waals surface area (Å²) in [6.45, 7) is 3.95. The summed E-state index contributed by atoms with van der Waals surface area (Å²) in [6, 6.07) is 11.7. The van der Waals surface area contributed by atoms with Gasteiger partial charge >= 0.3 is 0 Å². The number of hydrogen-bond donors (Lipinski definition) is 2. The molecule has 7 nitrogen and oxygen atoms in total. The summed E-state index contributed by atoms with van der Waals surface area (Å²) in [4.78, 5) is 4.28. The van der Waals surface area contributed by atoms with Gasteiger partial charge in [0.1, 0.15) is 0 Å². The van der Waals surface area contributed by atoms with Gasteiger partial charge in [0.2, 0.25) is 0 Å². The number of nitrogens with one attached hydrogen (secondary N) is 2. The van der Waals surface area contributed by atoms with Crippen molar-refractivity contribution in [2.75, 3.05) is 35.0 Å². The monoisotopic (exact) mass is 401 g/mol. The third kappa shape index (κ3) is 6.48. The Morgan fingerprint density at radius 1 is 0.793 bits per heavy atom. The maximum absolute atomic E-state index is 5.70. The van der Waals surface area contributed by atoms with Crippen molar-refractivity contribution in [2.24, 2.45) is 4.99 Å². The summed E-state index contributed by atoms with van der Waals surface area (Å²) >= 11 is 0. The zero-order valence-electron chi connectivity index (χ0n) is 17.9. The van der Waals surface area contributed by atoms with Crippen molar-refractivity contribution in [3.05, 3.63) is 47.5 Å². The van der Waals surface area contributed by atoms with Gasteiger partial charge in [-0.05, 0) is 41.8 Å². The highest BCUT2D eigenvalue weighted by molar-refractivity contribution is 5.79. The third-order valence-electron chi connectivity index (χ3n) is 4.28. The Bertz CT molecular complexity index is 809. The molecule has 0 spiro atoms. The zero-order chi connectivity index (χ0) is 21.1. The molecule has 2 rings (SSSR count). The first-order valence-corrected chi connectivity index (χ1v) is 9.60. The smallest absolute Gasteiger partial charge is 0.191 e. The Labute approximate surface area is 173 Å². The van der Waals surface area contributed by atoms with Gasteiger partial charge in [0, 0.05) is 20.1 Å². The van der Waals surface area contributed by atoms with Crippen LogP contribution in [0.5, 0.6) is 23.0 Å². The van der Waals surface area contributed by atoms with Gasteiger partial charge in [-0.25, -0.2) is 0 Å². The van der Waals surface area contributed by atoms with Crippen molar-refractivity contribution in [1.29, 1.82) is 0 Å². The molecule has 0 atom stereocenters. The molecular formula is C22H31N3O4. The van der Waals surface area contributed by atoms with Crippen molar-refractivity contribution in [1.82, 2.24) is 10.6 Å². The first-order chi connectivity index (χ1) is 14.1. The molecule has 0 radical (unpaired) electrons. The van der Waals surface area contributed by atoms with Crippen molar-refractivity contribution in [2.45, 2.75) is 26.4 Å².